The van der Waals surface area contributed by atoms with E-state index in [9.17, 15) is 5.11 Å². The van der Waals surface area contributed by atoms with E-state index in [0.717, 1.165) is 12.0 Å². The van der Waals surface area contributed by atoms with Crippen LogP contribution >= 0.6 is 0 Å². The van der Waals surface area contributed by atoms with E-state index in [1.165, 1.54) is 5.56 Å². The topological polar surface area (TPSA) is 20.2 Å². The van der Waals surface area contributed by atoms with Crippen molar-refractivity contribution in [2.75, 3.05) is 0 Å². The van der Waals surface area contributed by atoms with Gasteiger partial charge in [-0.1, -0.05) is 84.7 Å². The first kappa shape index (κ1) is 20.3. The Balaban J connectivity index is 0.000000412. The zero-order chi connectivity index (χ0) is 16.4. The van der Waals surface area contributed by atoms with E-state index in [-0.39, 0.29) is 17.1 Å². The van der Waals surface area contributed by atoms with Crippen molar-refractivity contribution in [3.05, 3.63) is 96.8 Å². The van der Waals surface area contributed by atoms with Crippen LogP contribution < -0.4 is 0 Å². The van der Waals surface area contributed by atoms with E-state index in [4.69, 9.17) is 0 Å². The minimum atomic E-state index is -0.937. The largest absolute Gasteiger partial charge is 0.378 e. The Kier molecular flexibility index (Phi) is 9.20. The molecule has 24 heavy (non-hydrogen) atoms. The van der Waals surface area contributed by atoms with Gasteiger partial charge in [-0.2, -0.15) is 0 Å². The maximum absolute atomic E-state index is 10.2. The van der Waals surface area contributed by atoms with Crippen molar-refractivity contribution in [2.45, 2.75) is 25.4 Å². The normalized spacial score (nSPS) is 16.2. The molecular weight excluding hydrogens is 336 g/mol. The van der Waals surface area contributed by atoms with Crippen LogP contribution in [-0.4, -0.2) is 10.7 Å². The summed E-state index contributed by atoms with van der Waals surface area (Å²) in [6, 6.07) is 10.2. The second-order valence-corrected chi connectivity index (χ2v) is 5.65. The predicted molar refractivity (Wildman–Crippen MR) is 97.3 cm³/mol. The third-order valence-corrected chi connectivity index (χ3v) is 3.44. The fraction of sp³-hybridized carbons (Fsp3) is 0.182. The Morgan fingerprint density at radius 1 is 0.958 bits per heavy atom. The number of allylic oxidation sites excluding steroid dienone is 8. The van der Waals surface area contributed by atoms with Gasteiger partial charge >= 0.3 is 0 Å². The molecule has 0 fully saturated rings. The molecule has 3 rings (SSSR count). The van der Waals surface area contributed by atoms with Crippen LogP contribution in [0.2, 0.25) is 0 Å². The summed E-state index contributed by atoms with van der Waals surface area (Å²) >= 11 is 0. The summed E-state index contributed by atoms with van der Waals surface area (Å²) in [5, 5.41) is 10.2. The molecule has 1 unspecified atom stereocenters. The number of aryl methyl sites for hydroxylation is 1. The molecule has 2 aliphatic carbocycles. The summed E-state index contributed by atoms with van der Waals surface area (Å²) < 4.78 is 0. The molecule has 0 spiro atoms. The number of hydrogen-bond acceptors (Lipinski definition) is 1. The molecule has 1 N–H and O–H groups in total. The molecule has 1 nitrogen and oxygen atoms in total. The standard InChI is InChI=1S/C17H17O.C5H5.Fe/c1-17(18,14-12-16-9-5-6-10-16)13-11-15-7-3-2-4-8-15;1-2-4-5-3-1;/h2-10,18H,11,13H2,1H3;1-5H;. The van der Waals surface area contributed by atoms with Crippen molar-refractivity contribution in [2.24, 2.45) is 0 Å². The smallest absolute Gasteiger partial charge is 0.123 e. The van der Waals surface area contributed by atoms with E-state index in [2.05, 4.69) is 24.0 Å². The molecule has 124 valence electrons. The van der Waals surface area contributed by atoms with Crippen molar-refractivity contribution in [3.8, 4) is 11.8 Å². The molecular formula is C22H22FeO. The molecule has 1 aromatic rings. The molecule has 1 atom stereocenters. The van der Waals surface area contributed by atoms with Gasteiger partial charge in [-0.05, 0) is 25.3 Å². The van der Waals surface area contributed by atoms with Crippen LogP contribution in [0.25, 0.3) is 0 Å². The Hall–Kier alpha value is -1.78. The Bertz CT molecular complexity index is 657. The average Bonchev–Trinajstić information content (AvgIpc) is 3.28. The van der Waals surface area contributed by atoms with Gasteiger partial charge in [0.1, 0.15) is 5.60 Å². The fourth-order valence-corrected chi connectivity index (χ4v) is 2.08. The third-order valence-electron chi connectivity index (χ3n) is 3.44. The van der Waals surface area contributed by atoms with Gasteiger partial charge in [0.25, 0.3) is 0 Å². The van der Waals surface area contributed by atoms with Gasteiger partial charge in [0, 0.05) is 35.5 Å². The van der Waals surface area contributed by atoms with Crippen molar-refractivity contribution < 1.29 is 22.2 Å². The first-order chi connectivity index (χ1) is 11.2. The van der Waals surface area contributed by atoms with Crippen molar-refractivity contribution in [1.82, 2.24) is 0 Å². The van der Waals surface area contributed by atoms with Crippen molar-refractivity contribution in [3.63, 3.8) is 0 Å². The molecule has 1 aromatic carbocycles. The van der Waals surface area contributed by atoms with Crippen molar-refractivity contribution in [1.29, 1.82) is 0 Å². The summed E-state index contributed by atoms with van der Waals surface area (Å²) in [5.41, 5.74) is 1.25. The minimum absolute atomic E-state index is 0. The second-order valence-electron chi connectivity index (χ2n) is 5.65. The number of hydrogen-bond donors (Lipinski definition) is 1. The Labute approximate surface area is 156 Å². The zero-order valence-corrected chi connectivity index (χ0v) is 14.9. The Morgan fingerprint density at radius 3 is 2.21 bits per heavy atom. The first-order valence-electron chi connectivity index (χ1n) is 7.84. The van der Waals surface area contributed by atoms with E-state index >= 15 is 0 Å². The molecule has 2 aliphatic rings. The van der Waals surface area contributed by atoms with Gasteiger partial charge in [0.15, 0.2) is 0 Å². The van der Waals surface area contributed by atoms with E-state index in [0.29, 0.717) is 6.42 Å². The monoisotopic (exact) mass is 358 g/mol. The van der Waals surface area contributed by atoms with Crippen LogP contribution in [-0.2, 0) is 23.5 Å². The quantitative estimate of drug-likeness (QED) is 0.628. The molecule has 2 radical (unpaired) electrons. The van der Waals surface area contributed by atoms with Crippen LogP contribution in [0.1, 0.15) is 18.9 Å². The maximum atomic E-state index is 10.2. The predicted octanol–water partition coefficient (Wildman–Crippen LogP) is 4.39. The van der Waals surface area contributed by atoms with Crippen LogP contribution in [0, 0.1) is 24.7 Å². The molecule has 0 aliphatic heterocycles. The van der Waals surface area contributed by atoms with Crippen LogP contribution in [0.3, 0.4) is 0 Å². The maximum Gasteiger partial charge on any atom is 0.123 e. The molecule has 0 amide bonds. The molecule has 2 heteroatoms. The number of aliphatic hydroxyl groups is 1. The summed E-state index contributed by atoms with van der Waals surface area (Å²) in [5.74, 6) is 5.94. The van der Waals surface area contributed by atoms with Gasteiger partial charge < -0.3 is 5.11 Å². The Morgan fingerprint density at radius 2 is 1.67 bits per heavy atom. The van der Waals surface area contributed by atoms with Crippen LogP contribution in [0.4, 0.5) is 0 Å². The summed E-state index contributed by atoms with van der Waals surface area (Å²) in [4.78, 5) is 0. The van der Waals surface area contributed by atoms with E-state index in [1.807, 2.05) is 73.6 Å². The number of rotatable bonds is 3. The van der Waals surface area contributed by atoms with E-state index in [1.54, 1.807) is 6.92 Å². The summed E-state index contributed by atoms with van der Waals surface area (Å²) in [7, 11) is 0. The summed E-state index contributed by atoms with van der Waals surface area (Å²) in [6.45, 7) is 1.77. The molecule has 0 aromatic heterocycles. The molecule has 0 bridgehead atoms. The third kappa shape index (κ3) is 8.18. The van der Waals surface area contributed by atoms with Crippen LogP contribution in [0.15, 0.2) is 78.4 Å². The fourth-order valence-electron chi connectivity index (χ4n) is 2.08. The molecule has 0 saturated carbocycles. The minimum Gasteiger partial charge on any atom is -0.378 e. The van der Waals surface area contributed by atoms with Gasteiger partial charge in [-0.3, -0.25) is 0 Å². The second kappa shape index (κ2) is 10.9. The van der Waals surface area contributed by atoms with Gasteiger partial charge in [0.2, 0.25) is 0 Å². The SMILES string of the molecule is CC(O)(C#CC1=C[CH]C=C1)CCc1ccccc1.[CH]1C=CC=C1.[Fe]. The first-order valence-corrected chi connectivity index (χ1v) is 7.84. The number of benzene rings is 1. The van der Waals surface area contributed by atoms with Crippen molar-refractivity contribution >= 4 is 0 Å². The van der Waals surface area contributed by atoms with Gasteiger partial charge in [0.05, 0.1) is 0 Å². The summed E-state index contributed by atoms with van der Waals surface area (Å²) in [6.07, 6.45) is 19.3. The van der Waals surface area contributed by atoms with Crippen LogP contribution in [0.5, 0.6) is 0 Å². The molecule has 0 heterocycles. The zero-order valence-electron chi connectivity index (χ0n) is 13.8. The van der Waals surface area contributed by atoms with E-state index < -0.39 is 5.60 Å². The van der Waals surface area contributed by atoms with Gasteiger partial charge in [-0.15, -0.1) is 0 Å². The average molecular weight is 358 g/mol. The molecule has 0 saturated heterocycles. The van der Waals surface area contributed by atoms with Gasteiger partial charge in [-0.25, -0.2) is 0 Å².